The topological polar surface area (TPSA) is 55.8 Å². The van der Waals surface area contributed by atoms with Gasteiger partial charge in [-0.25, -0.2) is 4.79 Å². The SMILES string of the molecule is C=C(C)C(=O)OCC(O)COCCC(C)C. The first-order valence-electron chi connectivity index (χ1n) is 5.52. The molecule has 1 N–H and O–H groups in total. The third-order valence-corrected chi connectivity index (χ3v) is 1.91. The minimum Gasteiger partial charge on any atom is -0.460 e. The van der Waals surface area contributed by atoms with Crippen molar-refractivity contribution < 1.29 is 19.4 Å². The summed E-state index contributed by atoms with van der Waals surface area (Å²) in [6, 6.07) is 0. The highest BCUT2D eigenvalue weighted by Crippen LogP contribution is 2.00. The van der Waals surface area contributed by atoms with E-state index in [1.165, 1.54) is 0 Å². The molecule has 16 heavy (non-hydrogen) atoms. The van der Waals surface area contributed by atoms with Crippen molar-refractivity contribution in [2.45, 2.75) is 33.3 Å². The maximum absolute atomic E-state index is 11.0. The highest BCUT2D eigenvalue weighted by Gasteiger charge is 2.09. The van der Waals surface area contributed by atoms with Gasteiger partial charge in [-0.15, -0.1) is 0 Å². The molecule has 1 unspecified atom stereocenters. The van der Waals surface area contributed by atoms with E-state index in [0.717, 1.165) is 6.42 Å². The lowest BCUT2D eigenvalue weighted by Crippen LogP contribution is -2.24. The van der Waals surface area contributed by atoms with Gasteiger partial charge in [-0.3, -0.25) is 0 Å². The van der Waals surface area contributed by atoms with Crippen molar-refractivity contribution in [2.24, 2.45) is 5.92 Å². The third-order valence-electron chi connectivity index (χ3n) is 1.91. The van der Waals surface area contributed by atoms with E-state index in [-0.39, 0.29) is 13.2 Å². The molecular formula is C12H22O4. The number of carbonyl (C=O) groups excluding carboxylic acids is 1. The molecule has 0 heterocycles. The number of ether oxygens (including phenoxy) is 2. The van der Waals surface area contributed by atoms with Crippen LogP contribution in [0.4, 0.5) is 0 Å². The molecule has 0 aliphatic carbocycles. The zero-order chi connectivity index (χ0) is 12.6. The molecule has 0 aliphatic rings. The van der Waals surface area contributed by atoms with Crippen molar-refractivity contribution in [3.8, 4) is 0 Å². The lowest BCUT2D eigenvalue weighted by atomic mass is 10.1. The van der Waals surface area contributed by atoms with Gasteiger partial charge in [-0.1, -0.05) is 20.4 Å². The van der Waals surface area contributed by atoms with Gasteiger partial charge in [0.2, 0.25) is 0 Å². The fourth-order valence-corrected chi connectivity index (χ4v) is 0.882. The van der Waals surface area contributed by atoms with Crippen LogP contribution in [0.5, 0.6) is 0 Å². The van der Waals surface area contributed by atoms with Gasteiger partial charge in [0, 0.05) is 12.2 Å². The summed E-state index contributed by atoms with van der Waals surface area (Å²) in [6.07, 6.45) is 0.189. The summed E-state index contributed by atoms with van der Waals surface area (Å²) in [6.45, 7) is 9.97. The van der Waals surface area contributed by atoms with Gasteiger partial charge in [0.15, 0.2) is 0 Å². The van der Waals surface area contributed by atoms with Crippen molar-refractivity contribution in [2.75, 3.05) is 19.8 Å². The first kappa shape index (κ1) is 15.1. The van der Waals surface area contributed by atoms with Gasteiger partial charge in [0.1, 0.15) is 12.7 Å². The Hall–Kier alpha value is -0.870. The molecule has 4 nitrogen and oxygen atoms in total. The van der Waals surface area contributed by atoms with E-state index < -0.39 is 12.1 Å². The lowest BCUT2D eigenvalue weighted by Gasteiger charge is -2.12. The smallest absolute Gasteiger partial charge is 0.333 e. The van der Waals surface area contributed by atoms with Gasteiger partial charge in [0.25, 0.3) is 0 Å². The van der Waals surface area contributed by atoms with Crippen LogP contribution >= 0.6 is 0 Å². The van der Waals surface area contributed by atoms with Gasteiger partial charge >= 0.3 is 5.97 Å². The van der Waals surface area contributed by atoms with E-state index in [4.69, 9.17) is 9.47 Å². The van der Waals surface area contributed by atoms with Crippen LogP contribution in [0.25, 0.3) is 0 Å². The summed E-state index contributed by atoms with van der Waals surface area (Å²) in [4.78, 5) is 11.0. The quantitative estimate of drug-likeness (QED) is 0.390. The van der Waals surface area contributed by atoms with Gasteiger partial charge in [-0.2, -0.15) is 0 Å². The summed E-state index contributed by atoms with van der Waals surface area (Å²) in [7, 11) is 0. The van der Waals surface area contributed by atoms with Gasteiger partial charge < -0.3 is 14.6 Å². The Kier molecular flexibility index (Phi) is 7.85. The number of hydrogen-bond acceptors (Lipinski definition) is 4. The van der Waals surface area contributed by atoms with Crippen molar-refractivity contribution in [1.82, 2.24) is 0 Å². The zero-order valence-corrected chi connectivity index (χ0v) is 10.4. The van der Waals surface area contributed by atoms with Crippen LogP contribution in [0.2, 0.25) is 0 Å². The molecule has 0 rings (SSSR count). The second-order valence-electron chi connectivity index (χ2n) is 4.29. The maximum Gasteiger partial charge on any atom is 0.333 e. The molecule has 0 spiro atoms. The Labute approximate surface area is 97.2 Å². The van der Waals surface area contributed by atoms with E-state index >= 15 is 0 Å². The molecule has 0 amide bonds. The Bertz CT molecular complexity index is 223. The Morgan fingerprint density at radius 3 is 2.50 bits per heavy atom. The third kappa shape index (κ3) is 8.44. The fraction of sp³-hybridized carbons (Fsp3) is 0.750. The standard InChI is InChI=1S/C12H22O4/c1-9(2)5-6-15-7-11(13)8-16-12(14)10(3)4/h9,11,13H,3,5-8H2,1-2,4H3. The first-order chi connectivity index (χ1) is 7.43. The number of aliphatic hydroxyl groups excluding tert-OH is 1. The highest BCUT2D eigenvalue weighted by atomic mass is 16.5. The van der Waals surface area contributed by atoms with Gasteiger partial charge in [-0.05, 0) is 19.3 Å². The van der Waals surface area contributed by atoms with E-state index in [1.54, 1.807) is 6.92 Å². The summed E-state index contributed by atoms with van der Waals surface area (Å²) in [5.41, 5.74) is 0.327. The molecule has 0 bridgehead atoms. The molecule has 1 atom stereocenters. The summed E-state index contributed by atoms with van der Waals surface area (Å²) < 4.78 is 10.0. The van der Waals surface area contributed by atoms with Crippen molar-refractivity contribution in [3.63, 3.8) is 0 Å². The average molecular weight is 230 g/mol. The molecule has 4 heteroatoms. The number of esters is 1. The molecule has 94 valence electrons. The van der Waals surface area contributed by atoms with Crippen molar-refractivity contribution >= 4 is 5.97 Å². The van der Waals surface area contributed by atoms with Crippen molar-refractivity contribution in [3.05, 3.63) is 12.2 Å². The fourth-order valence-electron chi connectivity index (χ4n) is 0.882. The lowest BCUT2D eigenvalue weighted by molar-refractivity contribution is -0.143. The number of aliphatic hydroxyl groups is 1. The molecule has 0 radical (unpaired) electrons. The normalized spacial score (nSPS) is 12.6. The Morgan fingerprint density at radius 1 is 1.38 bits per heavy atom. The number of rotatable bonds is 8. The summed E-state index contributed by atoms with van der Waals surface area (Å²) >= 11 is 0. The predicted octanol–water partition coefficient (Wildman–Crippen LogP) is 1.53. The van der Waals surface area contributed by atoms with Gasteiger partial charge in [0.05, 0.1) is 6.61 Å². The second-order valence-corrected chi connectivity index (χ2v) is 4.29. The minimum atomic E-state index is -0.768. The largest absolute Gasteiger partial charge is 0.460 e. The van der Waals surface area contributed by atoms with E-state index in [0.29, 0.717) is 18.1 Å². The molecule has 0 fully saturated rings. The van der Waals surface area contributed by atoms with Crippen LogP contribution in [0, 0.1) is 5.92 Å². The number of carbonyl (C=O) groups is 1. The molecule has 0 saturated heterocycles. The van der Waals surface area contributed by atoms with Crippen LogP contribution in [-0.4, -0.2) is 37.0 Å². The van der Waals surface area contributed by atoms with E-state index in [1.807, 2.05) is 0 Å². The molecule has 0 aliphatic heterocycles. The molecule has 0 aromatic heterocycles. The average Bonchev–Trinajstić information content (AvgIpc) is 2.20. The van der Waals surface area contributed by atoms with E-state index in [9.17, 15) is 9.90 Å². The predicted molar refractivity (Wildman–Crippen MR) is 62.1 cm³/mol. The van der Waals surface area contributed by atoms with E-state index in [2.05, 4.69) is 20.4 Å². The van der Waals surface area contributed by atoms with Crippen LogP contribution in [0.1, 0.15) is 27.2 Å². The number of hydrogen-bond donors (Lipinski definition) is 1. The first-order valence-corrected chi connectivity index (χ1v) is 5.52. The Balaban J connectivity index is 3.48. The van der Waals surface area contributed by atoms with Crippen LogP contribution in [-0.2, 0) is 14.3 Å². The summed E-state index contributed by atoms with van der Waals surface area (Å²) in [5, 5.41) is 9.41. The minimum absolute atomic E-state index is 0.0482. The highest BCUT2D eigenvalue weighted by molar-refractivity contribution is 5.86. The van der Waals surface area contributed by atoms with Crippen LogP contribution in [0.15, 0.2) is 12.2 Å². The monoisotopic (exact) mass is 230 g/mol. The molecule has 0 aromatic rings. The molecular weight excluding hydrogens is 208 g/mol. The van der Waals surface area contributed by atoms with Crippen LogP contribution in [0.3, 0.4) is 0 Å². The molecule has 0 saturated carbocycles. The van der Waals surface area contributed by atoms with Crippen molar-refractivity contribution in [1.29, 1.82) is 0 Å². The van der Waals surface area contributed by atoms with Crippen LogP contribution < -0.4 is 0 Å². The maximum atomic E-state index is 11.0. The Morgan fingerprint density at radius 2 is 2.00 bits per heavy atom. The molecule has 0 aromatic carbocycles. The zero-order valence-electron chi connectivity index (χ0n) is 10.4. The summed E-state index contributed by atoms with van der Waals surface area (Å²) in [5.74, 6) is 0.0969. The second kappa shape index (κ2) is 8.30.